The van der Waals surface area contributed by atoms with Crippen molar-refractivity contribution < 1.29 is 51.5 Å². The van der Waals surface area contributed by atoms with Crippen LogP contribution < -0.4 is 14.2 Å². The molecule has 0 aliphatic carbocycles. The normalized spacial score (nSPS) is 11.2. The molecule has 4 aromatic rings. The van der Waals surface area contributed by atoms with Crippen LogP contribution in [0.2, 0.25) is 51.4 Å². The van der Waals surface area contributed by atoms with Gasteiger partial charge in [0.05, 0.1) is 26.1 Å². The molecule has 0 bridgehead atoms. The Hall–Kier alpha value is -4.54. The van der Waals surface area contributed by atoms with Gasteiger partial charge in [-0.15, -0.1) is 23.5 Å². The number of carbonyl (C=O) groups excluding carboxylic acids is 2. The third-order valence-electron chi connectivity index (χ3n) is 9.34. The van der Waals surface area contributed by atoms with Gasteiger partial charge in [-0.3, -0.25) is 0 Å². The van der Waals surface area contributed by atoms with Crippen LogP contribution in [0.15, 0.2) is 94.7 Å². The Kier molecular flexibility index (Phi) is 25.6. The van der Waals surface area contributed by atoms with Crippen molar-refractivity contribution in [3.05, 3.63) is 118 Å². The Bertz CT molecular complexity index is 2440. The highest BCUT2D eigenvalue weighted by atomic mass is 32.2. The van der Waals surface area contributed by atoms with Gasteiger partial charge in [0.1, 0.15) is 22.6 Å². The number of hydrogen-bond donors (Lipinski definition) is 2. The molecule has 0 unspecified atom stereocenters. The third kappa shape index (κ3) is 22.7. The lowest BCUT2D eigenvalue weighted by Crippen LogP contribution is -2.23. The molecular weight excluding hydrogens is 955 g/mol. The van der Waals surface area contributed by atoms with Gasteiger partial charge in [-0.05, 0) is 71.7 Å². The fourth-order valence-corrected chi connectivity index (χ4v) is 9.60. The van der Waals surface area contributed by atoms with Gasteiger partial charge in [0.2, 0.25) is 10.0 Å². The van der Waals surface area contributed by atoms with E-state index in [0.29, 0.717) is 71.3 Å². The van der Waals surface area contributed by atoms with E-state index in [0.717, 1.165) is 39.3 Å². The summed E-state index contributed by atoms with van der Waals surface area (Å²) in [6.45, 7) is 14.3. The third-order valence-corrected chi connectivity index (χ3v) is 15.6. The Morgan fingerprint density at radius 1 is 0.632 bits per heavy atom. The van der Waals surface area contributed by atoms with Crippen LogP contribution in [0.5, 0.6) is 11.5 Å². The Morgan fingerprint density at radius 3 is 1.41 bits per heavy atom. The number of esters is 2. The number of thioether (sulfide) groups is 2. The number of methoxy groups -OCH3 is 2. The van der Waals surface area contributed by atoms with Gasteiger partial charge in [0.15, 0.2) is 13.6 Å². The van der Waals surface area contributed by atoms with Gasteiger partial charge < -0.3 is 33.5 Å². The maximum Gasteiger partial charge on any atom is 0.342 e. The summed E-state index contributed by atoms with van der Waals surface area (Å²) in [7, 11) is -2.96. The van der Waals surface area contributed by atoms with Gasteiger partial charge in [-0.1, -0.05) is 99.4 Å². The summed E-state index contributed by atoms with van der Waals surface area (Å²) in [5.74, 6) is 13.1. The molecule has 0 saturated heterocycles. The van der Waals surface area contributed by atoms with Crippen LogP contribution in [0.25, 0.3) is 0 Å². The highest BCUT2D eigenvalue weighted by molar-refractivity contribution is 7.98. The molecule has 0 saturated carbocycles. The fraction of sp³-hybridized carbons (Fsp3) is 0.412. The van der Waals surface area contributed by atoms with E-state index >= 15 is 0 Å². The molecule has 0 aromatic heterocycles. The lowest BCUT2D eigenvalue weighted by molar-refractivity contribution is 0.0427. The van der Waals surface area contributed by atoms with Crippen LogP contribution in [-0.4, -0.2) is 102 Å². The first-order valence-corrected chi connectivity index (χ1v) is 33.4. The van der Waals surface area contributed by atoms with Crippen LogP contribution in [0.3, 0.4) is 0 Å². The van der Waals surface area contributed by atoms with Crippen LogP contribution in [0.4, 0.5) is 0 Å². The first kappa shape index (κ1) is 57.8. The number of carbonyl (C=O) groups is 2. The van der Waals surface area contributed by atoms with Crippen molar-refractivity contribution in [2.75, 3.05) is 60.4 Å². The number of nitrogens with one attached hydrogen (secondary N) is 1. The summed E-state index contributed by atoms with van der Waals surface area (Å²) in [5, 5.41) is 9.10. The number of aliphatic hydroxyl groups excluding tert-OH is 1. The van der Waals surface area contributed by atoms with E-state index in [2.05, 4.69) is 67.7 Å². The maximum atomic E-state index is 13.3. The molecule has 0 aliphatic rings. The molecule has 17 heteroatoms. The number of sulfonamides is 1. The van der Waals surface area contributed by atoms with Gasteiger partial charge in [0.25, 0.3) is 0 Å². The highest BCUT2D eigenvalue weighted by Gasteiger charge is 2.25. The minimum atomic E-state index is -3.28. The van der Waals surface area contributed by atoms with E-state index in [1.807, 2.05) is 72.8 Å². The predicted molar refractivity (Wildman–Crippen MR) is 280 cm³/mol. The fourth-order valence-electron chi connectivity index (χ4n) is 5.78. The van der Waals surface area contributed by atoms with Crippen LogP contribution in [-0.2, 0) is 40.5 Å². The van der Waals surface area contributed by atoms with Gasteiger partial charge in [-0.2, -0.15) is 0 Å². The molecule has 4 rings (SSSR count). The first-order chi connectivity index (χ1) is 32.4. The van der Waals surface area contributed by atoms with Crippen LogP contribution >= 0.6 is 23.5 Å². The zero-order valence-electron chi connectivity index (χ0n) is 40.8. The van der Waals surface area contributed by atoms with Crippen LogP contribution in [0.1, 0.15) is 55.8 Å². The average molecular weight is 1020 g/mol. The molecule has 4 aromatic carbocycles. The van der Waals surface area contributed by atoms with Gasteiger partial charge >= 0.3 is 11.9 Å². The summed E-state index contributed by atoms with van der Waals surface area (Å²) in [6.07, 6.45) is 1.80. The standard InChI is InChI=1S/C26H35NO6S2Si.C25H32O5SSi/c1-31-20-33-24-15-14-21(11-9-10-16-27-35(2,29)30)23(19-34-22-12-7-6-8-13-22)25(24)26(28)32-17-18-36(3,4)5;1-28-19-30-23-14-13-20(10-8-9-15-26)22(18-31-21-11-6-5-7-12-21)24(23)25(27)29-16-17-32(2,3)4/h6-8,12-15,27H,10,16-20H2,1-5H3;5-7,11-14,26H,9,15-19H2,1-4H3. The molecule has 0 heterocycles. The van der Waals surface area contributed by atoms with Crippen molar-refractivity contribution in [3.8, 4) is 35.2 Å². The van der Waals surface area contributed by atoms with Crippen molar-refractivity contribution >= 4 is 61.6 Å². The van der Waals surface area contributed by atoms with Gasteiger partial charge in [0, 0.05) is 82.2 Å². The zero-order chi connectivity index (χ0) is 50.0. The minimum Gasteiger partial charge on any atom is -0.467 e. The molecule has 0 atom stereocenters. The van der Waals surface area contributed by atoms with Crippen molar-refractivity contribution in [1.29, 1.82) is 0 Å². The smallest absolute Gasteiger partial charge is 0.342 e. The molecule has 0 radical (unpaired) electrons. The van der Waals surface area contributed by atoms with E-state index in [-0.39, 0.29) is 26.7 Å². The Labute approximate surface area is 415 Å². The second-order valence-corrected chi connectivity index (χ2v) is 32.8. The van der Waals surface area contributed by atoms with E-state index in [1.54, 1.807) is 35.7 Å². The molecule has 0 amide bonds. The molecule has 0 aliphatic heterocycles. The largest absolute Gasteiger partial charge is 0.467 e. The summed E-state index contributed by atoms with van der Waals surface area (Å²) >= 11 is 3.19. The van der Waals surface area contributed by atoms with Gasteiger partial charge in [-0.25, -0.2) is 22.7 Å². The molecule has 368 valence electrons. The number of benzene rings is 4. The minimum absolute atomic E-state index is 0.0113. The Balaban J connectivity index is 0.000000363. The molecule has 68 heavy (non-hydrogen) atoms. The second-order valence-electron chi connectivity index (χ2n) is 17.6. The topological polar surface area (TPSA) is 156 Å². The number of hydrogen-bond acceptors (Lipinski definition) is 13. The van der Waals surface area contributed by atoms with E-state index < -0.39 is 38.1 Å². The summed E-state index contributed by atoms with van der Waals surface area (Å²) in [6, 6.07) is 28.7. The number of aliphatic hydroxyl groups is 1. The van der Waals surface area contributed by atoms with Crippen molar-refractivity contribution in [1.82, 2.24) is 4.72 Å². The molecule has 12 nitrogen and oxygen atoms in total. The molecular formula is C51H67NO11S3Si2. The predicted octanol–water partition coefficient (Wildman–Crippen LogP) is 9.94. The van der Waals surface area contributed by atoms with Crippen molar-refractivity contribution in [2.24, 2.45) is 0 Å². The highest BCUT2D eigenvalue weighted by Crippen LogP contribution is 2.34. The molecule has 0 fully saturated rings. The molecule has 0 spiro atoms. The average Bonchev–Trinajstić information content (AvgIpc) is 3.28. The van der Waals surface area contributed by atoms with Crippen molar-refractivity contribution in [3.63, 3.8) is 0 Å². The van der Waals surface area contributed by atoms with Crippen molar-refractivity contribution in [2.45, 2.75) is 85.5 Å². The molecule has 2 N–H and O–H groups in total. The Morgan fingerprint density at radius 2 is 1.04 bits per heavy atom. The zero-order valence-corrected chi connectivity index (χ0v) is 45.3. The monoisotopic (exact) mass is 1020 g/mol. The maximum absolute atomic E-state index is 13.3. The lowest BCUT2D eigenvalue weighted by atomic mass is 10.0. The summed E-state index contributed by atoms with van der Waals surface area (Å²) in [4.78, 5) is 28.7. The van der Waals surface area contributed by atoms with E-state index in [9.17, 15) is 18.0 Å². The van der Waals surface area contributed by atoms with E-state index in [1.165, 1.54) is 14.2 Å². The number of ether oxygens (including phenoxy) is 6. The summed E-state index contributed by atoms with van der Waals surface area (Å²) < 4.78 is 58.0. The van der Waals surface area contributed by atoms with Crippen LogP contribution in [0, 0.1) is 23.7 Å². The second kappa shape index (κ2) is 30.2. The summed E-state index contributed by atoms with van der Waals surface area (Å²) in [5.41, 5.74) is 3.59. The number of rotatable bonds is 24. The van der Waals surface area contributed by atoms with E-state index in [4.69, 9.17) is 33.5 Å². The quantitative estimate of drug-likeness (QED) is 0.0171. The SMILES string of the molecule is COCOc1ccc(C#CCCNS(C)(=O)=O)c(CSc2ccccc2)c1C(=O)OCC[Si](C)(C)C.COCOc1ccc(C#CCCO)c(CSc2ccccc2)c1C(=O)OCC[Si](C)(C)C. The lowest BCUT2D eigenvalue weighted by Gasteiger charge is -2.18. The first-order valence-electron chi connectivity index (χ1n) is 22.1.